The number of nitrogens with one attached hydrogen (secondary N) is 1. The van der Waals surface area contributed by atoms with E-state index in [0.29, 0.717) is 22.2 Å². The maximum absolute atomic E-state index is 12.6. The van der Waals surface area contributed by atoms with E-state index < -0.39 is 6.09 Å². The molecule has 0 unspecified atom stereocenters. The van der Waals surface area contributed by atoms with Gasteiger partial charge < -0.3 is 14.0 Å². The number of anilines is 1. The lowest BCUT2D eigenvalue weighted by Gasteiger charge is -2.13. The quantitative estimate of drug-likeness (QED) is 0.331. The smallest absolute Gasteiger partial charge is 0.412 e. The SMILES string of the molecule is CCc1nc(-c2ccc(Cl)cc2OC)sc1NC(=O)OCc1ccc2c(c1)nc1n2CCCC1. The Morgan fingerprint density at radius 2 is 2.09 bits per heavy atom. The van der Waals surface area contributed by atoms with Crippen molar-refractivity contribution in [1.29, 1.82) is 0 Å². The molecule has 5 rings (SSSR count). The molecule has 1 amide bonds. The zero-order valence-electron chi connectivity index (χ0n) is 19.1. The van der Waals surface area contributed by atoms with Gasteiger partial charge in [0.15, 0.2) is 0 Å². The molecule has 0 saturated carbocycles. The van der Waals surface area contributed by atoms with E-state index >= 15 is 0 Å². The third kappa shape index (κ3) is 4.48. The lowest BCUT2D eigenvalue weighted by molar-refractivity contribution is 0.155. The molecule has 0 spiro atoms. The second-order valence-corrected chi connectivity index (χ2v) is 9.59. The van der Waals surface area contributed by atoms with Crippen molar-refractivity contribution in [2.75, 3.05) is 12.4 Å². The van der Waals surface area contributed by atoms with Gasteiger partial charge in [-0.2, -0.15) is 0 Å². The standard InChI is InChI=1S/C25H25ClN4O3S/c1-3-18-24(34-23(28-18)17-9-8-16(26)13-21(17)32-2)29-25(31)33-14-15-7-10-20-19(12-15)27-22-6-4-5-11-30(20)22/h7-10,12-13H,3-6,11,14H2,1-2H3,(H,29,31). The third-order valence-electron chi connectivity index (χ3n) is 5.94. The molecule has 0 bridgehead atoms. The van der Waals surface area contributed by atoms with Crippen LogP contribution in [0.3, 0.4) is 0 Å². The molecular weight excluding hydrogens is 472 g/mol. The van der Waals surface area contributed by atoms with Crippen molar-refractivity contribution in [2.45, 2.75) is 45.8 Å². The Hall–Kier alpha value is -3.10. The van der Waals surface area contributed by atoms with Crippen LogP contribution in [0, 0.1) is 0 Å². The van der Waals surface area contributed by atoms with Crippen LogP contribution < -0.4 is 10.1 Å². The molecule has 0 fully saturated rings. The predicted molar refractivity (Wildman–Crippen MR) is 135 cm³/mol. The molecule has 0 aliphatic carbocycles. The van der Waals surface area contributed by atoms with Gasteiger partial charge in [0.2, 0.25) is 0 Å². The Bertz CT molecular complexity index is 1360. The van der Waals surface area contributed by atoms with E-state index in [9.17, 15) is 4.79 Å². The average Bonchev–Trinajstić information content (AvgIpc) is 3.43. The molecule has 3 heterocycles. The Labute approximate surface area is 206 Å². The van der Waals surface area contributed by atoms with E-state index in [2.05, 4.69) is 20.9 Å². The molecule has 2 aromatic heterocycles. The van der Waals surface area contributed by atoms with Crippen LogP contribution in [0.25, 0.3) is 21.6 Å². The molecule has 34 heavy (non-hydrogen) atoms. The summed E-state index contributed by atoms with van der Waals surface area (Å²) in [6, 6.07) is 11.5. The minimum absolute atomic E-state index is 0.169. The monoisotopic (exact) mass is 496 g/mol. The van der Waals surface area contributed by atoms with Gasteiger partial charge in [-0.05, 0) is 55.2 Å². The lowest BCUT2D eigenvalue weighted by Crippen LogP contribution is -2.13. The number of carbonyl (C=O) groups is 1. The molecule has 9 heteroatoms. The molecule has 176 valence electrons. The Morgan fingerprint density at radius 3 is 2.91 bits per heavy atom. The summed E-state index contributed by atoms with van der Waals surface area (Å²) in [6.07, 6.45) is 3.54. The Morgan fingerprint density at radius 1 is 1.21 bits per heavy atom. The van der Waals surface area contributed by atoms with Gasteiger partial charge in [0.05, 0.1) is 29.4 Å². The highest BCUT2D eigenvalue weighted by atomic mass is 35.5. The zero-order chi connectivity index (χ0) is 23.7. The van der Waals surface area contributed by atoms with Crippen LogP contribution >= 0.6 is 22.9 Å². The van der Waals surface area contributed by atoms with Crippen LogP contribution in [0.1, 0.15) is 36.8 Å². The number of imidazole rings is 1. The van der Waals surface area contributed by atoms with Crippen LogP contribution in [-0.2, 0) is 30.7 Å². The Balaban J connectivity index is 1.28. The van der Waals surface area contributed by atoms with E-state index in [1.807, 2.05) is 25.1 Å². The summed E-state index contributed by atoms with van der Waals surface area (Å²) in [5.41, 5.74) is 4.62. The van der Waals surface area contributed by atoms with Crippen molar-refractivity contribution in [2.24, 2.45) is 0 Å². The fraction of sp³-hybridized carbons (Fsp3) is 0.320. The topological polar surface area (TPSA) is 78.3 Å². The number of aromatic nitrogens is 3. The number of rotatable bonds is 6. The number of thiazole rings is 1. The summed E-state index contributed by atoms with van der Waals surface area (Å²) in [5.74, 6) is 1.77. The van der Waals surface area contributed by atoms with Gasteiger partial charge in [0.25, 0.3) is 0 Å². The van der Waals surface area contributed by atoms with Gasteiger partial charge >= 0.3 is 6.09 Å². The van der Waals surface area contributed by atoms with Gasteiger partial charge in [-0.1, -0.05) is 35.9 Å². The van der Waals surface area contributed by atoms with Gasteiger partial charge in [0, 0.05) is 18.0 Å². The second-order valence-electron chi connectivity index (χ2n) is 8.15. The summed E-state index contributed by atoms with van der Waals surface area (Å²) < 4.78 is 13.3. The first-order valence-corrected chi connectivity index (χ1v) is 12.5. The van der Waals surface area contributed by atoms with Crippen LogP contribution in [0.2, 0.25) is 5.02 Å². The van der Waals surface area contributed by atoms with E-state index in [1.165, 1.54) is 24.2 Å². The van der Waals surface area contributed by atoms with Crippen LogP contribution in [0.15, 0.2) is 36.4 Å². The zero-order valence-corrected chi connectivity index (χ0v) is 20.6. The molecule has 2 aromatic carbocycles. The van der Waals surface area contributed by atoms with Crippen molar-refractivity contribution >= 4 is 45.1 Å². The maximum Gasteiger partial charge on any atom is 0.412 e. The molecule has 0 radical (unpaired) electrons. The number of methoxy groups -OCH3 is 1. The van der Waals surface area contributed by atoms with Crippen LogP contribution in [0.5, 0.6) is 5.75 Å². The number of amides is 1. The summed E-state index contributed by atoms with van der Waals surface area (Å²) in [6.45, 7) is 3.18. The molecule has 1 aliphatic heterocycles. The number of benzene rings is 2. The molecule has 1 N–H and O–H groups in total. The largest absolute Gasteiger partial charge is 0.496 e. The van der Waals surface area contributed by atoms with Gasteiger partial charge in [-0.15, -0.1) is 0 Å². The summed E-state index contributed by atoms with van der Waals surface area (Å²) >= 11 is 7.46. The van der Waals surface area contributed by atoms with Crippen molar-refractivity contribution in [3.05, 3.63) is 58.5 Å². The van der Waals surface area contributed by atoms with E-state index in [0.717, 1.165) is 51.7 Å². The molecule has 0 atom stereocenters. The van der Waals surface area contributed by atoms with Crippen LogP contribution in [-0.4, -0.2) is 27.7 Å². The van der Waals surface area contributed by atoms with E-state index in [-0.39, 0.29) is 6.61 Å². The number of aryl methyl sites for hydroxylation is 3. The van der Waals surface area contributed by atoms with Crippen molar-refractivity contribution in [1.82, 2.24) is 14.5 Å². The highest BCUT2D eigenvalue weighted by Gasteiger charge is 2.18. The van der Waals surface area contributed by atoms with Crippen molar-refractivity contribution in [3.8, 4) is 16.3 Å². The first kappa shape index (κ1) is 22.7. The van der Waals surface area contributed by atoms with Gasteiger partial charge in [0.1, 0.15) is 28.2 Å². The predicted octanol–water partition coefficient (Wildman–Crippen LogP) is 6.47. The number of carbonyl (C=O) groups excluding carboxylic acids is 1. The third-order valence-corrected chi connectivity index (χ3v) is 7.22. The van der Waals surface area contributed by atoms with Crippen LogP contribution in [0.4, 0.5) is 9.80 Å². The molecule has 4 aromatic rings. The van der Waals surface area contributed by atoms with Crippen molar-refractivity contribution in [3.63, 3.8) is 0 Å². The molecular formula is C25H25ClN4O3S. The highest BCUT2D eigenvalue weighted by molar-refractivity contribution is 7.19. The number of hydrogen-bond acceptors (Lipinski definition) is 6. The highest BCUT2D eigenvalue weighted by Crippen LogP contribution is 2.38. The minimum atomic E-state index is -0.516. The van der Waals surface area contributed by atoms with E-state index in [4.69, 9.17) is 26.1 Å². The van der Waals surface area contributed by atoms with Crippen molar-refractivity contribution < 1.29 is 14.3 Å². The normalized spacial score (nSPS) is 13.0. The summed E-state index contributed by atoms with van der Waals surface area (Å²) in [4.78, 5) is 22.0. The van der Waals surface area contributed by atoms with Gasteiger partial charge in [-0.3, -0.25) is 5.32 Å². The maximum atomic E-state index is 12.6. The molecule has 7 nitrogen and oxygen atoms in total. The first-order chi connectivity index (χ1) is 16.6. The summed E-state index contributed by atoms with van der Waals surface area (Å²) in [5, 5.41) is 4.85. The summed E-state index contributed by atoms with van der Waals surface area (Å²) in [7, 11) is 1.59. The average molecular weight is 497 g/mol. The molecule has 1 aliphatic rings. The second kappa shape index (κ2) is 9.64. The van der Waals surface area contributed by atoms with E-state index in [1.54, 1.807) is 19.2 Å². The Kier molecular flexibility index (Phi) is 6.43. The number of ether oxygens (including phenoxy) is 2. The fourth-order valence-electron chi connectivity index (χ4n) is 4.23. The fourth-order valence-corrected chi connectivity index (χ4v) is 5.46. The minimum Gasteiger partial charge on any atom is -0.496 e. The lowest BCUT2D eigenvalue weighted by atomic mass is 10.1. The first-order valence-electron chi connectivity index (χ1n) is 11.3. The number of fused-ring (bicyclic) bond motifs is 3. The number of nitrogens with zero attached hydrogens (tertiary/aromatic N) is 3. The molecule has 0 saturated heterocycles. The van der Waals surface area contributed by atoms with Gasteiger partial charge in [-0.25, -0.2) is 14.8 Å². The number of halogens is 1. The number of hydrogen-bond donors (Lipinski definition) is 1.